The van der Waals surface area contributed by atoms with Crippen molar-refractivity contribution < 1.29 is 13.9 Å². The molecule has 0 atom stereocenters. The zero-order valence-corrected chi connectivity index (χ0v) is 18.3. The molecule has 0 saturated heterocycles. The maximum Gasteiger partial charge on any atom is 0.255 e. The number of nitrogens with zero attached hydrogens (tertiary/aromatic N) is 2. The van der Waals surface area contributed by atoms with Crippen molar-refractivity contribution in [2.24, 2.45) is 0 Å². The van der Waals surface area contributed by atoms with Gasteiger partial charge in [0.2, 0.25) is 0 Å². The minimum atomic E-state index is -0.301. The van der Waals surface area contributed by atoms with Gasteiger partial charge in [0.25, 0.3) is 5.91 Å². The van der Waals surface area contributed by atoms with Crippen molar-refractivity contribution in [3.05, 3.63) is 112 Å². The van der Waals surface area contributed by atoms with Crippen molar-refractivity contribution >= 4 is 34.8 Å². The van der Waals surface area contributed by atoms with Gasteiger partial charge in [0, 0.05) is 16.8 Å². The average molecular weight is 470 g/mol. The Morgan fingerprint density at radius 1 is 1.03 bits per heavy atom. The van der Waals surface area contributed by atoms with E-state index < -0.39 is 0 Å². The molecule has 1 N–H and O–H groups in total. The summed E-state index contributed by atoms with van der Waals surface area (Å²) in [6.45, 7) is 0.641. The molecule has 0 unspecified atom stereocenters. The molecule has 1 heterocycles. The second-order valence-corrected chi connectivity index (χ2v) is 7.92. The SMILES string of the molecule is O=C(Nc1cnn(Cc2cccc(F)c2)c1)c1cccc(COc2ccc(Cl)cc2Cl)c1. The van der Waals surface area contributed by atoms with E-state index >= 15 is 0 Å². The number of aromatic nitrogens is 2. The maximum atomic E-state index is 13.3. The van der Waals surface area contributed by atoms with Crippen LogP contribution in [0.2, 0.25) is 10.0 Å². The van der Waals surface area contributed by atoms with Crippen molar-refractivity contribution in [1.82, 2.24) is 9.78 Å². The number of benzene rings is 3. The standard InChI is InChI=1S/C24H18Cl2FN3O2/c25-19-7-8-23(22(26)11-19)32-15-17-4-1-5-18(9-17)24(31)29-21-12-28-30(14-21)13-16-3-2-6-20(27)10-16/h1-12,14H,13,15H2,(H,29,31). The summed E-state index contributed by atoms with van der Waals surface area (Å²) in [5.41, 5.74) is 2.61. The van der Waals surface area contributed by atoms with Crippen molar-refractivity contribution in [2.45, 2.75) is 13.2 Å². The van der Waals surface area contributed by atoms with Crippen LogP contribution >= 0.6 is 23.2 Å². The Labute approximate surface area is 194 Å². The molecule has 0 fully saturated rings. The Hall–Kier alpha value is -3.35. The molecule has 0 radical (unpaired) electrons. The molecule has 162 valence electrons. The van der Waals surface area contributed by atoms with Crippen LogP contribution in [0.3, 0.4) is 0 Å². The fourth-order valence-corrected chi connectivity index (χ4v) is 3.56. The zero-order chi connectivity index (χ0) is 22.5. The average Bonchev–Trinajstić information content (AvgIpc) is 3.20. The van der Waals surface area contributed by atoms with E-state index in [4.69, 9.17) is 27.9 Å². The van der Waals surface area contributed by atoms with Gasteiger partial charge in [0.1, 0.15) is 18.2 Å². The second-order valence-electron chi connectivity index (χ2n) is 7.07. The van der Waals surface area contributed by atoms with Crippen molar-refractivity contribution in [1.29, 1.82) is 0 Å². The lowest BCUT2D eigenvalue weighted by Gasteiger charge is -2.09. The number of halogens is 3. The molecule has 32 heavy (non-hydrogen) atoms. The van der Waals surface area contributed by atoms with Crippen LogP contribution in [-0.4, -0.2) is 15.7 Å². The van der Waals surface area contributed by atoms with Crippen molar-refractivity contribution in [3.8, 4) is 5.75 Å². The number of carbonyl (C=O) groups excluding carboxylic acids is 1. The first-order valence-electron chi connectivity index (χ1n) is 9.71. The highest BCUT2D eigenvalue weighted by atomic mass is 35.5. The molecule has 0 aliphatic heterocycles. The predicted octanol–water partition coefficient (Wildman–Crippen LogP) is 6.21. The summed E-state index contributed by atoms with van der Waals surface area (Å²) >= 11 is 12.0. The Kier molecular flexibility index (Phi) is 6.73. The van der Waals surface area contributed by atoms with E-state index in [9.17, 15) is 9.18 Å². The first-order chi connectivity index (χ1) is 15.5. The number of rotatable bonds is 7. The topological polar surface area (TPSA) is 56.2 Å². The quantitative estimate of drug-likeness (QED) is 0.350. The lowest BCUT2D eigenvalue weighted by atomic mass is 10.1. The predicted molar refractivity (Wildman–Crippen MR) is 123 cm³/mol. The van der Waals surface area contributed by atoms with Gasteiger partial charge >= 0.3 is 0 Å². The lowest BCUT2D eigenvalue weighted by Crippen LogP contribution is -2.12. The Bertz CT molecular complexity index is 1260. The summed E-state index contributed by atoms with van der Waals surface area (Å²) in [7, 11) is 0. The van der Waals surface area contributed by atoms with Gasteiger partial charge in [-0.25, -0.2) is 4.39 Å². The minimum absolute atomic E-state index is 0.244. The molecule has 0 saturated carbocycles. The number of carbonyl (C=O) groups is 1. The smallest absolute Gasteiger partial charge is 0.255 e. The monoisotopic (exact) mass is 469 g/mol. The second kappa shape index (κ2) is 9.85. The van der Waals surface area contributed by atoms with Crippen LogP contribution in [0, 0.1) is 5.82 Å². The van der Waals surface area contributed by atoms with E-state index in [0.29, 0.717) is 33.6 Å². The highest BCUT2D eigenvalue weighted by Gasteiger charge is 2.10. The Balaban J connectivity index is 1.38. The third kappa shape index (κ3) is 5.66. The normalized spacial score (nSPS) is 10.7. The van der Waals surface area contributed by atoms with Gasteiger partial charge in [-0.15, -0.1) is 0 Å². The first-order valence-corrected chi connectivity index (χ1v) is 10.5. The molecule has 1 aromatic heterocycles. The van der Waals surface area contributed by atoms with E-state index in [1.807, 2.05) is 12.1 Å². The summed E-state index contributed by atoms with van der Waals surface area (Å²) in [4.78, 5) is 12.7. The summed E-state index contributed by atoms with van der Waals surface area (Å²) in [6.07, 6.45) is 3.24. The maximum absolute atomic E-state index is 13.3. The van der Waals surface area contributed by atoms with Gasteiger partial charge in [-0.1, -0.05) is 47.5 Å². The number of ether oxygens (including phenoxy) is 1. The van der Waals surface area contributed by atoms with Crippen LogP contribution in [0.4, 0.5) is 10.1 Å². The van der Waals surface area contributed by atoms with Crippen LogP contribution in [-0.2, 0) is 13.2 Å². The molecule has 4 rings (SSSR count). The van der Waals surface area contributed by atoms with Crippen molar-refractivity contribution in [3.63, 3.8) is 0 Å². The Morgan fingerprint density at radius 2 is 1.84 bits per heavy atom. The van der Waals surface area contributed by atoms with E-state index in [2.05, 4.69) is 10.4 Å². The molecular weight excluding hydrogens is 452 g/mol. The van der Waals surface area contributed by atoms with Gasteiger partial charge in [-0.05, 0) is 53.6 Å². The molecule has 4 aromatic rings. The van der Waals surface area contributed by atoms with Crippen LogP contribution in [0.1, 0.15) is 21.5 Å². The van der Waals surface area contributed by atoms with E-state index in [1.54, 1.807) is 59.5 Å². The molecular formula is C24H18Cl2FN3O2. The van der Waals surface area contributed by atoms with Gasteiger partial charge in [-0.3, -0.25) is 9.48 Å². The highest BCUT2D eigenvalue weighted by Crippen LogP contribution is 2.28. The number of hydrogen-bond acceptors (Lipinski definition) is 3. The fraction of sp³-hybridized carbons (Fsp3) is 0.0833. The van der Waals surface area contributed by atoms with Crippen LogP contribution in [0.5, 0.6) is 5.75 Å². The minimum Gasteiger partial charge on any atom is -0.487 e. The number of amides is 1. The molecule has 0 bridgehead atoms. The van der Waals surface area contributed by atoms with Gasteiger partial charge in [-0.2, -0.15) is 5.10 Å². The highest BCUT2D eigenvalue weighted by molar-refractivity contribution is 6.35. The summed E-state index contributed by atoms with van der Waals surface area (Å²) in [6, 6.07) is 18.4. The van der Waals surface area contributed by atoms with Crippen LogP contribution < -0.4 is 10.1 Å². The molecule has 0 spiro atoms. The Morgan fingerprint density at radius 3 is 2.66 bits per heavy atom. The summed E-state index contributed by atoms with van der Waals surface area (Å²) < 4.78 is 20.7. The van der Waals surface area contributed by atoms with Gasteiger partial charge in [0.05, 0.1) is 23.5 Å². The number of nitrogens with one attached hydrogen (secondary N) is 1. The summed E-state index contributed by atoms with van der Waals surface area (Å²) in [5, 5.41) is 7.99. The van der Waals surface area contributed by atoms with E-state index in [-0.39, 0.29) is 18.3 Å². The zero-order valence-electron chi connectivity index (χ0n) is 16.8. The van der Waals surface area contributed by atoms with Crippen LogP contribution in [0.25, 0.3) is 0 Å². The molecule has 5 nitrogen and oxygen atoms in total. The number of hydrogen-bond donors (Lipinski definition) is 1. The van der Waals surface area contributed by atoms with Gasteiger partial charge < -0.3 is 10.1 Å². The molecule has 0 aliphatic rings. The van der Waals surface area contributed by atoms with E-state index in [1.165, 1.54) is 12.1 Å². The van der Waals surface area contributed by atoms with E-state index in [0.717, 1.165) is 11.1 Å². The molecule has 0 aliphatic carbocycles. The third-order valence-corrected chi connectivity index (χ3v) is 5.13. The van der Waals surface area contributed by atoms with Gasteiger partial charge in [0.15, 0.2) is 0 Å². The first kappa shape index (κ1) is 21.9. The number of anilines is 1. The molecule has 1 amide bonds. The lowest BCUT2D eigenvalue weighted by molar-refractivity contribution is 0.102. The molecule has 3 aromatic carbocycles. The third-order valence-electron chi connectivity index (χ3n) is 4.60. The van der Waals surface area contributed by atoms with Crippen LogP contribution in [0.15, 0.2) is 79.1 Å². The van der Waals surface area contributed by atoms with Crippen molar-refractivity contribution in [2.75, 3.05) is 5.32 Å². The largest absolute Gasteiger partial charge is 0.487 e. The molecule has 8 heteroatoms. The fourth-order valence-electron chi connectivity index (χ4n) is 3.10. The summed E-state index contributed by atoms with van der Waals surface area (Å²) in [5.74, 6) is -0.0660.